The molecule has 6 nitrogen and oxygen atoms in total. The molecule has 0 amide bonds. The lowest BCUT2D eigenvalue weighted by atomic mass is 10.1. The van der Waals surface area contributed by atoms with Gasteiger partial charge in [-0.05, 0) is 30.7 Å². The van der Waals surface area contributed by atoms with Crippen molar-refractivity contribution in [2.45, 2.75) is 19.5 Å². The number of hydrogen-bond acceptors (Lipinski definition) is 3. The number of benzene rings is 2. The van der Waals surface area contributed by atoms with Crippen molar-refractivity contribution in [1.29, 1.82) is 0 Å². The van der Waals surface area contributed by atoms with Gasteiger partial charge in [-0.3, -0.25) is 9.36 Å². The number of imidazole rings is 1. The molecule has 7 heteroatoms. The van der Waals surface area contributed by atoms with Crippen LogP contribution in [0.15, 0.2) is 83.2 Å². The first-order valence-corrected chi connectivity index (χ1v) is 9.55. The van der Waals surface area contributed by atoms with Gasteiger partial charge in [0.15, 0.2) is 11.2 Å². The Morgan fingerprint density at radius 1 is 1.14 bits per heavy atom. The van der Waals surface area contributed by atoms with E-state index < -0.39 is 11.2 Å². The Bertz CT molecular complexity index is 1320. The fourth-order valence-electron chi connectivity index (χ4n) is 3.47. The summed E-state index contributed by atoms with van der Waals surface area (Å²) >= 11 is 6.14. The highest BCUT2D eigenvalue weighted by Gasteiger charge is 2.21. The molecule has 0 aliphatic carbocycles. The number of allylic oxidation sites excluding steroid dienone is 1. The molecular formula is C22H19ClN4O2. The molecule has 29 heavy (non-hydrogen) atoms. The van der Waals surface area contributed by atoms with Gasteiger partial charge in [-0.15, -0.1) is 6.58 Å². The van der Waals surface area contributed by atoms with Gasteiger partial charge >= 0.3 is 5.69 Å². The summed E-state index contributed by atoms with van der Waals surface area (Å²) in [6.45, 7) is 5.76. The van der Waals surface area contributed by atoms with Crippen molar-refractivity contribution in [3.05, 3.63) is 105 Å². The van der Waals surface area contributed by atoms with E-state index in [0.717, 1.165) is 10.1 Å². The lowest BCUT2D eigenvalue weighted by Crippen LogP contribution is -2.40. The zero-order valence-electron chi connectivity index (χ0n) is 15.8. The zero-order chi connectivity index (χ0) is 20.5. The van der Waals surface area contributed by atoms with E-state index in [2.05, 4.69) is 11.6 Å². The summed E-state index contributed by atoms with van der Waals surface area (Å²) in [6, 6.07) is 16.6. The van der Waals surface area contributed by atoms with Crippen LogP contribution in [0.25, 0.3) is 16.9 Å². The van der Waals surface area contributed by atoms with Gasteiger partial charge in [-0.2, -0.15) is 0 Å². The second-order valence-corrected chi connectivity index (χ2v) is 7.15. The molecule has 4 rings (SSSR count). The van der Waals surface area contributed by atoms with Crippen molar-refractivity contribution in [1.82, 2.24) is 18.7 Å². The third-order valence-corrected chi connectivity index (χ3v) is 5.17. The monoisotopic (exact) mass is 406 g/mol. The molecule has 2 aromatic carbocycles. The number of halogens is 1. The van der Waals surface area contributed by atoms with E-state index in [0.29, 0.717) is 21.9 Å². The van der Waals surface area contributed by atoms with E-state index in [1.807, 2.05) is 37.3 Å². The molecule has 0 N–H and O–H groups in total. The second-order valence-electron chi connectivity index (χ2n) is 6.71. The third-order valence-electron chi connectivity index (χ3n) is 4.93. The van der Waals surface area contributed by atoms with Gasteiger partial charge < -0.3 is 4.57 Å². The summed E-state index contributed by atoms with van der Waals surface area (Å²) in [5, 5.41) is 0.487. The maximum Gasteiger partial charge on any atom is 0.337 e. The fourth-order valence-corrected chi connectivity index (χ4v) is 3.66. The molecule has 2 aromatic heterocycles. The van der Waals surface area contributed by atoms with Crippen molar-refractivity contribution in [2.24, 2.45) is 0 Å². The molecule has 0 unspecified atom stereocenters. The highest BCUT2D eigenvalue weighted by atomic mass is 35.5. The van der Waals surface area contributed by atoms with Crippen molar-refractivity contribution in [2.75, 3.05) is 0 Å². The lowest BCUT2D eigenvalue weighted by molar-refractivity contribution is 0.642. The van der Waals surface area contributed by atoms with Crippen LogP contribution in [0.3, 0.4) is 0 Å². The lowest BCUT2D eigenvalue weighted by Gasteiger charge is -2.16. The van der Waals surface area contributed by atoms with Gasteiger partial charge in [-0.25, -0.2) is 14.3 Å². The van der Waals surface area contributed by atoms with Gasteiger partial charge in [0.05, 0.1) is 18.1 Å². The van der Waals surface area contributed by atoms with Crippen LogP contribution in [-0.2, 0) is 6.54 Å². The Morgan fingerprint density at radius 2 is 1.90 bits per heavy atom. The maximum atomic E-state index is 13.2. The molecular weight excluding hydrogens is 388 g/mol. The van der Waals surface area contributed by atoms with E-state index >= 15 is 0 Å². The van der Waals surface area contributed by atoms with E-state index in [9.17, 15) is 9.59 Å². The van der Waals surface area contributed by atoms with E-state index in [4.69, 9.17) is 11.6 Å². The van der Waals surface area contributed by atoms with Crippen LogP contribution in [0, 0.1) is 0 Å². The van der Waals surface area contributed by atoms with Crippen LogP contribution in [0.4, 0.5) is 0 Å². The Labute approximate surface area is 171 Å². The number of rotatable bonds is 5. The topological polar surface area (TPSA) is 61.8 Å². The van der Waals surface area contributed by atoms with Crippen molar-refractivity contribution >= 4 is 22.8 Å². The van der Waals surface area contributed by atoms with Crippen molar-refractivity contribution in [3.63, 3.8) is 0 Å². The SMILES string of the molecule is C=CCn1c(=O)c2c(ncn2[C@H](C)c2ccccc2)n(-c2cccc(Cl)c2)c1=O. The van der Waals surface area contributed by atoms with Crippen LogP contribution in [0.1, 0.15) is 18.5 Å². The Morgan fingerprint density at radius 3 is 2.59 bits per heavy atom. The molecule has 0 bridgehead atoms. The molecule has 0 radical (unpaired) electrons. The summed E-state index contributed by atoms with van der Waals surface area (Å²) in [4.78, 5) is 30.8. The van der Waals surface area contributed by atoms with Gasteiger partial charge in [0.1, 0.15) is 0 Å². The smallest absolute Gasteiger partial charge is 0.317 e. The molecule has 0 spiro atoms. The minimum Gasteiger partial charge on any atom is -0.317 e. The largest absolute Gasteiger partial charge is 0.337 e. The second kappa shape index (κ2) is 7.56. The minimum atomic E-state index is -0.484. The quantitative estimate of drug-likeness (QED) is 0.473. The average molecular weight is 407 g/mol. The molecule has 0 saturated heterocycles. The first kappa shape index (κ1) is 19.0. The van der Waals surface area contributed by atoms with Crippen molar-refractivity contribution < 1.29 is 0 Å². The predicted molar refractivity (Wildman–Crippen MR) is 115 cm³/mol. The molecule has 0 aliphatic heterocycles. The number of aromatic nitrogens is 4. The average Bonchev–Trinajstić information content (AvgIpc) is 3.16. The maximum absolute atomic E-state index is 13.2. The molecule has 2 heterocycles. The summed E-state index contributed by atoms with van der Waals surface area (Å²) in [5.41, 5.74) is 1.34. The third kappa shape index (κ3) is 3.21. The Kier molecular flexibility index (Phi) is 4.94. The summed E-state index contributed by atoms with van der Waals surface area (Å²) in [6.07, 6.45) is 3.13. The van der Waals surface area contributed by atoms with Crippen LogP contribution < -0.4 is 11.2 Å². The number of hydrogen-bond donors (Lipinski definition) is 0. The highest BCUT2D eigenvalue weighted by molar-refractivity contribution is 6.30. The number of nitrogens with zero attached hydrogens (tertiary/aromatic N) is 4. The zero-order valence-corrected chi connectivity index (χ0v) is 16.6. The molecule has 0 saturated carbocycles. The van der Waals surface area contributed by atoms with E-state index in [1.165, 1.54) is 10.6 Å². The van der Waals surface area contributed by atoms with Gasteiger partial charge in [0.2, 0.25) is 0 Å². The van der Waals surface area contributed by atoms with E-state index in [-0.39, 0.29) is 12.6 Å². The van der Waals surface area contributed by atoms with Crippen LogP contribution in [0.2, 0.25) is 5.02 Å². The highest BCUT2D eigenvalue weighted by Crippen LogP contribution is 2.23. The predicted octanol–water partition coefficient (Wildman–Crippen LogP) is 3.80. The summed E-state index contributed by atoms with van der Waals surface area (Å²) in [7, 11) is 0. The summed E-state index contributed by atoms with van der Waals surface area (Å²) in [5.74, 6) is 0. The standard InChI is InChI=1S/C22H19ClN4O2/c1-3-12-25-21(28)19-20(27(22(25)29)18-11-7-10-17(23)13-18)24-14-26(19)15(2)16-8-5-4-6-9-16/h3-11,13-15H,1,12H2,2H3/t15-/m1/s1. The molecule has 1 atom stereocenters. The van der Waals surface area contributed by atoms with Crippen LogP contribution >= 0.6 is 11.6 Å². The van der Waals surface area contributed by atoms with Gasteiger partial charge in [0, 0.05) is 11.6 Å². The Balaban J connectivity index is 2.07. The van der Waals surface area contributed by atoms with Gasteiger partial charge in [-0.1, -0.05) is 54.1 Å². The fraction of sp³-hybridized carbons (Fsp3) is 0.136. The van der Waals surface area contributed by atoms with Crippen LogP contribution in [0.5, 0.6) is 0 Å². The van der Waals surface area contributed by atoms with Gasteiger partial charge in [0.25, 0.3) is 5.56 Å². The first-order valence-electron chi connectivity index (χ1n) is 9.17. The molecule has 4 aromatic rings. The molecule has 0 fully saturated rings. The normalized spacial score (nSPS) is 12.2. The van der Waals surface area contributed by atoms with Crippen molar-refractivity contribution in [3.8, 4) is 5.69 Å². The van der Waals surface area contributed by atoms with E-state index in [1.54, 1.807) is 35.2 Å². The first-order chi connectivity index (χ1) is 14.0. The molecule has 146 valence electrons. The molecule has 0 aliphatic rings. The van der Waals surface area contributed by atoms with Crippen LogP contribution in [-0.4, -0.2) is 18.7 Å². The minimum absolute atomic E-state index is 0.0963. The number of fused-ring (bicyclic) bond motifs is 1. The Hall–Kier alpha value is -3.38. The summed E-state index contributed by atoms with van der Waals surface area (Å²) < 4.78 is 4.37.